The van der Waals surface area contributed by atoms with Crippen LogP contribution in [0.4, 0.5) is 4.79 Å². The second-order valence-corrected chi connectivity index (χ2v) is 10.1. The van der Waals surface area contributed by atoms with Gasteiger partial charge in [-0.15, -0.1) is 0 Å². The average Bonchev–Trinajstić information content (AvgIpc) is 3.10. The Morgan fingerprint density at radius 2 is 1.43 bits per heavy atom. The van der Waals surface area contributed by atoms with Crippen molar-refractivity contribution < 1.29 is 66.0 Å². The lowest BCUT2D eigenvalue weighted by Crippen LogP contribution is -2.62. The zero-order valence-corrected chi connectivity index (χ0v) is 22.1. The lowest BCUT2D eigenvalue weighted by atomic mass is 9.96. The highest BCUT2D eigenvalue weighted by Crippen LogP contribution is 2.49. The maximum Gasteiger partial charge on any atom is 0.415 e. The van der Waals surface area contributed by atoms with Crippen molar-refractivity contribution in [2.75, 3.05) is 26.0 Å². The van der Waals surface area contributed by atoms with Gasteiger partial charge in [0.1, 0.15) is 6.10 Å². The van der Waals surface area contributed by atoms with Gasteiger partial charge in [0, 0.05) is 20.8 Å². The quantitative estimate of drug-likeness (QED) is 0.146. The van der Waals surface area contributed by atoms with Crippen LogP contribution in [0.2, 0.25) is 0 Å². The Balaban J connectivity index is 2.37. The summed E-state index contributed by atoms with van der Waals surface area (Å²) >= 11 is 0. The lowest BCUT2D eigenvalue weighted by molar-refractivity contribution is -0.304. The first-order valence-electron chi connectivity index (χ1n) is 11.6. The summed E-state index contributed by atoms with van der Waals surface area (Å²) in [6, 6.07) is -1.18. The maximum atomic E-state index is 13.0. The van der Waals surface area contributed by atoms with Gasteiger partial charge in [0.25, 0.3) is 0 Å². The van der Waals surface area contributed by atoms with Crippen LogP contribution < -0.4 is 5.32 Å². The molecule has 0 aromatic heterocycles. The Kier molecular flexibility index (Phi) is 11.4. The zero-order chi connectivity index (χ0) is 27.8. The highest BCUT2D eigenvalue weighted by Gasteiger charge is 2.53. The molecule has 0 radical (unpaired) electrons. The molecule has 5 unspecified atom stereocenters. The van der Waals surface area contributed by atoms with Gasteiger partial charge in [-0.05, 0) is 20.3 Å². The Hall–Kier alpha value is -2.58. The molecule has 0 aromatic rings. The molecule has 0 bridgehead atoms. The van der Waals surface area contributed by atoms with Gasteiger partial charge in [0.05, 0.1) is 26.0 Å². The molecular weight excluding hydrogens is 521 g/mol. The largest absolute Gasteiger partial charge is 0.456 e. The molecule has 0 spiro atoms. The van der Waals surface area contributed by atoms with E-state index in [1.165, 1.54) is 0 Å². The average molecular weight is 553 g/mol. The van der Waals surface area contributed by atoms with Crippen molar-refractivity contribution in [1.29, 1.82) is 0 Å². The number of ether oxygens (including phenoxy) is 6. The van der Waals surface area contributed by atoms with Crippen LogP contribution in [0.5, 0.6) is 0 Å². The summed E-state index contributed by atoms with van der Waals surface area (Å²) in [5.41, 5.74) is 0. The van der Waals surface area contributed by atoms with Gasteiger partial charge >= 0.3 is 37.6 Å². The number of nitrogens with one attached hydrogen (secondary N) is 1. The van der Waals surface area contributed by atoms with Crippen molar-refractivity contribution in [2.24, 2.45) is 0 Å². The molecule has 15 nitrogen and oxygen atoms in total. The molecule has 0 aliphatic carbocycles. The molecule has 0 aromatic carbocycles. The minimum atomic E-state index is -3.56. The van der Waals surface area contributed by atoms with Gasteiger partial charge in [-0.25, -0.2) is 9.59 Å². The third-order valence-electron chi connectivity index (χ3n) is 5.03. The number of alkyl carbamates (subject to hydrolysis) is 1. The van der Waals surface area contributed by atoms with E-state index in [2.05, 4.69) is 10.1 Å². The molecule has 1 amide bonds. The highest BCUT2D eigenvalue weighted by atomic mass is 31.2. The van der Waals surface area contributed by atoms with Gasteiger partial charge in [0.15, 0.2) is 30.6 Å². The van der Waals surface area contributed by atoms with Crippen molar-refractivity contribution in [3.05, 3.63) is 0 Å². The second kappa shape index (κ2) is 13.8. The molecule has 6 atom stereocenters. The summed E-state index contributed by atoms with van der Waals surface area (Å²) in [4.78, 5) is 58.9. The fourth-order valence-electron chi connectivity index (χ4n) is 3.76. The van der Waals surface area contributed by atoms with Crippen LogP contribution in [0.25, 0.3) is 0 Å². The van der Waals surface area contributed by atoms with Crippen LogP contribution in [-0.2, 0) is 61.2 Å². The molecule has 2 heterocycles. The predicted octanol–water partition coefficient (Wildman–Crippen LogP) is 0.814. The third-order valence-corrected chi connectivity index (χ3v) is 7.14. The molecule has 2 fully saturated rings. The Bertz CT molecular complexity index is 900. The third kappa shape index (κ3) is 9.04. The summed E-state index contributed by atoms with van der Waals surface area (Å²) in [6.45, 7) is 6.34. The van der Waals surface area contributed by atoms with E-state index < -0.39 is 80.9 Å². The first kappa shape index (κ1) is 30.6. The van der Waals surface area contributed by atoms with Gasteiger partial charge in [0.2, 0.25) is 0 Å². The SMILES string of the molecule is CCOP(=O)(CCC1OC(OC[C@@H]2NC(=O)OC2=O)C(OC(C)=O)C(OC(C)=O)C1OC(C)=O)OCC. The van der Waals surface area contributed by atoms with E-state index in [-0.39, 0.29) is 25.8 Å². The number of esters is 4. The number of cyclic esters (lactones) is 2. The Labute approximate surface area is 213 Å². The highest BCUT2D eigenvalue weighted by molar-refractivity contribution is 7.53. The maximum absolute atomic E-state index is 13.0. The van der Waals surface area contributed by atoms with E-state index in [9.17, 15) is 28.5 Å². The fourth-order valence-corrected chi connectivity index (χ4v) is 5.45. The van der Waals surface area contributed by atoms with Gasteiger partial charge in [-0.2, -0.15) is 0 Å². The number of carbonyl (C=O) groups excluding carboxylic acids is 5. The number of hydrogen-bond donors (Lipinski definition) is 1. The van der Waals surface area contributed by atoms with Crippen molar-refractivity contribution in [2.45, 2.75) is 77.8 Å². The number of carbonyl (C=O) groups is 5. The smallest absolute Gasteiger partial charge is 0.415 e. The summed E-state index contributed by atoms with van der Waals surface area (Å²) in [6.07, 6.45) is -7.94. The standard InChI is InChI=1S/C21H32NO14P/c1-6-30-37(28,31-7-2)9-8-15-16(32-11(3)23)17(33-12(4)24)18(34-13(5)25)20(35-15)29-10-14-19(26)36-21(27)22-14/h14-18,20H,6-10H2,1-5H3,(H,22,27)/t14-,15?,16?,17?,18?,20?/m0/s1. The van der Waals surface area contributed by atoms with Gasteiger partial charge in [-0.3, -0.25) is 18.9 Å². The van der Waals surface area contributed by atoms with Crippen molar-refractivity contribution in [3.8, 4) is 0 Å². The van der Waals surface area contributed by atoms with E-state index in [1.54, 1.807) is 13.8 Å². The van der Waals surface area contributed by atoms with Crippen molar-refractivity contribution >= 4 is 37.6 Å². The molecule has 2 aliphatic heterocycles. The summed E-state index contributed by atoms with van der Waals surface area (Å²) in [7, 11) is -3.56. The monoisotopic (exact) mass is 553 g/mol. The lowest BCUT2D eigenvalue weighted by Gasteiger charge is -2.44. The summed E-state index contributed by atoms with van der Waals surface area (Å²) < 4.78 is 55.6. The molecule has 0 saturated carbocycles. The Morgan fingerprint density at radius 1 is 0.892 bits per heavy atom. The minimum Gasteiger partial charge on any atom is -0.456 e. The molecule has 16 heteroatoms. The molecule has 2 aliphatic rings. The first-order valence-corrected chi connectivity index (χ1v) is 13.3. The van der Waals surface area contributed by atoms with E-state index in [0.717, 1.165) is 20.8 Å². The molecule has 210 valence electrons. The normalized spacial score (nSPS) is 27.7. The van der Waals surface area contributed by atoms with Gasteiger partial charge in [-0.1, -0.05) is 0 Å². The van der Waals surface area contributed by atoms with Crippen molar-refractivity contribution in [1.82, 2.24) is 5.32 Å². The Morgan fingerprint density at radius 3 is 1.92 bits per heavy atom. The molecule has 37 heavy (non-hydrogen) atoms. The van der Waals surface area contributed by atoms with Gasteiger partial charge < -0.3 is 42.8 Å². The van der Waals surface area contributed by atoms with Crippen LogP contribution in [0.1, 0.15) is 41.0 Å². The molecule has 1 N–H and O–H groups in total. The molecular formula is C21H32NO14P. The van der Waals surface area contributed by atoms with E-state index in [0.29, 0.717) is 0 Å². The predicted molar refractivity (Wildman–Crippen MR) is 120 cm³/mol. The summed E-state index contributed by atoms with van der Waals surface area (Å²) in [5, 5.41) is 2.24. The number of rotatable bonds is 13. The fraction of sp³-hybridized carbons (Fsp3) is 0.762. The molecule has 2 saturated heterocycles. The minimum absolute atomic E-state index is 0.0815. The van der Waals surface area contributed by atoms with Crippen LogP contribution in [0, 0.1) is 0 Å². The zero-order valence-electron chi connectivity index (χ0n) is 21.2. The van der Waals surface area contributed by atoms with E-state index in [4.69, 9.17) is 32.7 Å². The summed E-state index contributed by atoms with van der Waals surface area (Å²) in [5.74, 6) is -3.25. The van der Waals surface area contributed by atoms with Crippen LogP contribution in [-0.4, -0.2) is 92.7 Å². The number of amides is 1. The van der Waals surface area contributed by atoms with Crippen LogP contribution in [0.15, 0.2) is 0 Å². The van der Waals surface area contributed by atoms with Crippen LogP contribution in [0.3, 0.4) is 0 Å². The first-order chi connectivity index (χ1) is 17.4. The van der Waals surface area contributed by atoms with E-state index in [1.807, 2.05) is 0 Å². The van der Waals surface area contributed by atoms with E-state index >= 15 is 0 Å². The second-order valence-electron chi connectivity index (χ2n) is 7.96. The topological polar surface area (TPSA) is 188 Å². The molecule has 2 rings (SSSR count). The van der Waals surface area contributed by atoms with Crippen molar-refractivity contribution in [3.63, 3.8) is 0 Å². The van der Waals surface area contributed by atoms with Crippen LogP contribution >= 0.6 is 7.60 Å². The number of hydrogen-bond acceptors (Lipinski definition) is 14.